The molecule has 0 unspecified atom stereocenters. The molecule has 2 atom stereocenters. The molecule has 1 heterocycles. The Labute approximate surface area is 129 Å². The molecule has 1 saturated heterocycles. The van der Waals surface area contributed by atoms with Crippen LogP contribution in [0.4, 0.5) is 16.2 Å². The maximum absolute atomic E-state index is 12.1. The lowest BCUT2D eigenvalue weighted by molar-refractivity contribution is -0.384. The Balaban J connectivity index is 1.96. The molecule has 1 aromatic carbocycles. The maximum Gasteiger partial charge on any atom is 0.319 e. The molecule has 7 nitrogen and oxygen atoms in total. The van der Waals surface area contributed by atoms with Crippen LogP contribution in [0.1, 0.15) is 32.3 Å². The molecule has 0 bridgehead atoms. The van der Waals surface area contributed by atoms with Crippen LogP contribution in [-0.4, -0.2) is 29.2 Å². The van der Waals surface area contributed by atoms with E-state index in [-0.39, 0.29) is 30.0 Å². The largest absolute Gasteiger partial charge is 0.375 e. The number of carbonyl (C=O) groups is 1. The molecule has 0 spiro atoms. The van der Waals surface area contributed by atoms with E-state index in [1.165, 1.54) is 12.1 Å². The minimum atomic E-state index is -0.457. The number of carbonyl (C=O) groups excluding carboxylic acids is 1. The van der Waals surface area contributed by atoms with E-state index < -0.39 is 4.92 Å². The molecule has 0 radical (unpaired) electrons. The number of nitro groups is 1. The predicted molar refractivity (Wildman–Crippen MR) is 83.0 cm³/mol. The summed E-state index contributed by atoms with van der Waals surface area (Å²) < 4.78 is 5.64. The number of aryl methyl sites for hydroxylation is 1. The minimum absolute atomic E-state index is 0.00976. The maximum atomic E-state index is 12.1. The van der Waals surface area contributed by atoms with Crippen molar-refractivity contribution in [2.45, 2.75) is 51.9 Å². The summed E-state index contributed by atoms with van der Waals surface area (Å²) in [6.45, 7) is 5.70. The zero-order valence-corrected chi connectivity index (χ0v) is 13.0. The second kappa shape index (κ2) is 6.74. The number of nitrogens with one attached hydrogen (secondary N) is 2. The number of nitrogens with zero attached hydrogens (tertiary/aromatic N) is 1. The van der Waals surface area contributed by atoms with Gasteiger partial charge in [-0.2, -0.15) is 0 Å². The van der Waals surface area contributed by atoms with E-state index in [2.05, 4.69) is 10.6 Å². The molecule has 2 N–H and O–H groups in total. The zero-order valence-electron chi connectivity index (χ0n) is 13.0. The first kappa shape index (κ1) is 16.2. The zero-order chi connectivity index (χ0) is 16.3. The van der Waals surface area contributed by atoms with Crippen LogP contribution < -0.4 is 10.6 Å². The van der Waals surface area contributed by atoms with Crippen LogP contribution in [0.3, 0.4) is 0 Å². The Kier molecular flexibility index (Phi) is 4.97. The minimum Gasteiger partial charge on any atom is -0.375 e. The molecule has 1 aliphatic rings. The number of hydrogen-bond donors (Lipinski definition) is 2. The SMILES string of the molecule is Cc1cc([N+](=O)[O-])ccc1NC(=O)NC1C[C@H](C)O[C@@H](C)C1. The smallest absolute Gasteiger partial charge is 0.319 e. The number of ether oxygens (including phenoxy) is 1. The van der Waals surface area contributed by atoms with Gasteiger partial charge in [0.1, 0.15) is 0 Å². The Bertz CT molecular complexity index is 566. The van der Waals surface area contributed by atoms with Gasteiger partial charge in [0.05, 0.1) is 17.1 Å². The molecular weight excluding hydrogens is 286 g/mol. The lowest BCUT2D eigenvalue weighted by Gasteiger charge is -2.32. The number of nitro benzene ring substituents is 1. The summed E-state index contributed by atoms with van der Waals surface area (Å²) in [5, 5.41) is 16.4. The lowest BCUT2D eigenvalue weighted by Crippen LogP contribution is -2.45. The van der Waals surface area contributed by atoms with Crippen molar-refractivity contribution in [1.29, 1.82) is 0 Å². The van der Waals surface area contributed by atoms with Gasteiger partial charge in [0.2, 0.25) is 0 Å². The summed E-state index contributed by atoms with van der Waals surface area (Å²) in [5.74, 6) is 0. The van der Waals surface area contributed by atoms with E-state index in [0.29, 0.717) is 11.3 Å². The van der Waals surface area contributed by atoms with Crippen LogP contribution in [0.2, 0.25) is 0 Å². The molecule has 0 aliphatic carbocycles. The van der Waals surface area contributed by atoms with E-state index in [1.807, 2.05) is 13.8 Å². The van der Waals surface area contributed by atoms with Crippen molar-refractivity contribution in [3.63, 3.8) is 0 Å². The van der Waals surface area contributed by atoms with Crippen molar-refractivity contribution in [2.75, 3.05) is 5.32 Å². The van der Waals surface area contributed by atoms with Gasteiger partial charge in [0.15, 0.2) is 0 Å². The van der Waals surface area contributed by atoms with Gasteiger partial charge < -0.3 is 15.4 Å². The molecule has 7 heteroatoms. The van der Waals surface area contributed by atoms with Gasteiger partial charge in [-0.3, -0.25) is 10.1 Å². The summed E-state index contributed by atoms with van der Waals surface area (Å²) in [7, 11) is 0. The highest BCUT2D eigenvalue weighted by Crippen LogP contribution is 2.22. The highest BCUT2D eigenvalue weighted by atomic mass is 16.6. The monoisotopic (exact) mass is 307 g/mol. The molecule has 22 heavy (non-hydrogen) atoms. The number of hydrogen-bond acceptors (Lipinski definition) is 4. The summed E-state index contributed by atoms with van der Waals surface area (Å²) in [6.07, 6.45) is 1.79. The number of amides is 2. The fraction of sp³-hybridized carbons (Fsp3) is 0.533. The lowest BCUT2D eigenvalue weighted by atomic mass is 10.0. The number of urea groups is 1. The Morgan fingerprint density at radius 2 is 1.95 bits per heavy atom. The van der Waals surface area contributed by atoms with Gasteiger partial charge in [0.25, 0.3) is 5.69 Å². The van der Waals surface area contributed by atoms with Crippen LogP contribution in [0, 0.1) is 17.0 Å². The first-order valence-corrected chi connectivity index (χ1v) is 7.33. The van der Waals surface area contributed by atoms with Crippen LogP contribution in [-0.2, 0) is 4.74 Å². The van der Waals surface area contributed by atoms with Gasteiger partial charge in [-0.15, -0.1) is 0 Å². The Hall–Kier alpha value is -2.15. The number of anilines is 1. The normalized spacial score (nSPS) is 24.6. The average molecular weight is 307 g/mol. The summed E-state index contributed by atoms with van der Waals surface area (Å²) >= 11 is 0. The topological polar surface area (TPSA) is 93.5 Å². The summed E-state index contributed by atoms with van der Waals surface area (Å²) in [6, 6.07) is 4.12. The highest BCUT2D eigenvalue weighted by Gasteiger charge is 2.25. The van der Waals surface area contributed by atoms with Crippen molar-refractivity contribution in [1.82, 2.24) is 5.32 Å². The molecule has 2 rings (SSSR count). The van der Waals surface area contributed by atoms with Gasteiger partial charge in [0, 0.05) is 23.9 Å². The van der Waals surface area contributed by atoms with Crippen LogP contribution >= 0.6 is 0 Å². The first-order valence-electron chi connectivity index (χ1n) is 7.33. The Morgan fingerprint density at radius 3 is 2.50 bits per heavy atom. The van der Waals surface area contributed by atoms with Gasteiger partial charge >= 0.3 is 6.03 Å². The summed E-state index contributed by atoms with van der Waals surface area (Å²) in [4.78, 5) is 22.3. The van der Waals surface area contributed by atoms with Crippen molar-refractivity contribution in [3.8, 4) is 0 Å². The van der Waals surface area contributed by atoms with Crippen LogP contribution in [0.15, 0.2) is 18.2 Å². The van der Waals surface area contributed by atoms with Gasteiger partial charge in [-0.05, 0) is 45.2 Å². The second-order valence-corrected chi connectivity index (χ2v) is 5.78. The standard InChI is InChI=1S/C15H21N3O4/c1-9-6-13(18(20)21)4-5-14(9)17-15(19)16-12-7-10(2)22-11(3)8-12/h4-6,10-12H,7-8H2,1-3H3,(H2,16,17,19)/t10-,11-/m0/s1. The number of non-ortho nitro benzene ring substituents is 1. The van der Waals surface area contributed by atoms with Gasteiger partial charge in [-0.25, -0.2) is 4.79 Å². The molecule has 0 saturated carbocycles. The third-order valence-electron chi connectivity index (χ3n) is 3.70. The van der Waals surface area contributed by atoms with Gasteiger partial charge in [-0.1, -0.05) is 0 Å². The molecule has 0 aromatic heterocycles. The van der Waals surface area contributed by atoms with Crippen molar-refractivity contribution in [3.05, 3.63) is 33.9 Å². The van der Waals surface area contributed by atoms with E-state index >= 15 is 0 Å². The molecule has 120 valence electrons. The van der Waals surface area contributed by atoms with Crippen molar-refractivity contribution < 1.29 is 14.5 Å². The molecule has 1 aliphatic heterocycles. The number of rotatable bonds is 3. The summed E-state index contributed by atoms with van der Waals surface area (Å²) in [5.41, 5.74) is 1.23. The first-order chi connectivity index (χ1) is 10.3. The van der Waals surface area contributed by atoms with E-state index in [9.17, 15) is 14.9 Å². The molecule has 1 fully saturated rings. The average Bonchev–Trinajstić information content (AvgIpc) is 2.39. The van der Waals surface area contributed by atoms with Crippen molar-refractivity contribution in [2.24, 2.45) is 0 Å². The van der Waals surface area contributed by atoms with Crippen LogP contribution in [0.5, 0.6) is 0 Å². The quantitative estimate of drug-likeness (QED) is 0.663. The van der Waals surface area contributed by atoms with E-state index in [1.54, 1.807) is 13.0 Å². The molecular formula is C15H21N3O4. The molecule has 2 amide bonds. The highest BCUT2D eigenvalue weighted by molar-refractivity contribution is 5.90. The van der Waals surface area contributed by atoms with Crippen LogP contribution in [0.25, 0.3) is 0 Å². The predicted octanol–water partition coefficient (Wildman–Crippen LogP) is 2.98. The number of benzene rings is 1. The van der Waals surface area contributed by atoms with E-state index in [4.69, 9.17) is 4.74 Å². The second-order valence-electron chi connectivity index (χ2n) is 5.78. The molecule has 1 aromatic rings. The fourth-order valence-electron chi connectivity index (χ4n) is 2.77. The third kappa shape index (κ3) is 4.17. The fourth-order valence-corrected chi connectivity index (χ4v) is 2.77. The Morgan fingerprint density at radius 1 is 1.32 bits per heavy atom. The van der Waals surface area contributed by atoms with Crippen molar-refractivity contribution >= 4 is 17.4 Å². The van der Waals surface area contributed by atoms with E-state index in [0.717, 1.165) is 12.8 Å². The third-order valence-corrected chi connectivity index (χ3v) is 3.70.